The molecule has 4 heteroatoms. The van der Waals surface area contributed by atoms with Crippen LogP contribution >= 0.6 is 0 Å². The SMILES string of the molecule is c1ccc(-c2nc(-c3ccc(-c4ccc5ccccc5c4)cc3)nc(-c3cc4cccc(-c5ccccc5)c4c4oc5ccccc5c34)n2)cc1. The third-order valence-corrected chi connectivity index (χ3v) is 9.71. The molecule has 10 aromatic rings. The molecular weight excluding hydrogens is 623 g/mol. The second kappa shape index (κ2) is 11.9. The van der Waals surface area contributed by atoms with Crippen molar-refractivity contribution in [2.24, 2.45) is 0 Å². The molecule has 0 amide bonds. The highest BCUT2D eigenvalue weighted by atomic mass is 16.3. The molecular formula is C47H29N3O. The molecule has 0 fully saturated rings. The lowest BCUT2D eigenvalue weighted by Crippen LogP contribution is -2.00. The first-order chi connectivity index (χ1) is 25.3. The topological polar surface area (TPSA) is 51.8 Å². The Morgan fingerprint density at radius 3 is 1.71 bits per heavy atom. The third kappa shape index (κ3) is 5.04. The molecule has 0 atom stereocenters. The van der Waals surface area contributed by atoms with Crippen molar-refractivity contribution in [3.8, 4) is 56.4 Å². The Balaban J connectivity index is 1.19. The summed E-state index contributed by atoms with van der Waals surface area (Å²) in [4.78, 5) is 15.4. The fraction of sp³-hybridized carbons (Fsp3) is 0. The molecule has 0 saturated heterocycles. The van der Waals surface area contributed by atoms with Gasteiger partial charge in [-0.15, -0.1) is 0 Å². The van der Waals surface area contributed by atoms with E-state index in [0.717, 1.165) is 66.1 Å². The zero-order valence-corrected chi connectivity index (χ0v) is 27.5. The maximum Gasteiger partial charge on any atom is 0.164 e. The molecule has 0 radical (unpaired) electrons. The summed E-state index contributed by atoms with van der Waals surface area (Å²) in [6, 6.07) is 61.0. The largest absolute Gasteiger partial charge is 0.455 e. The van der Waals surface area contributed by atoms with Gasteiger partial charge >= 0.3 is 0 Å². The van der Waals surface area contributed by atoms with Gasteiger partial charge in [-0.25, -0.2) is 15.0 Å². The zero-order valence-electron chi connectivity index (χ0n) is 27.5. The van der Waals surface area contributed by atoms with Crippen LogP contribution in [0.1, 0.15) is 0 Å². The highest BCUT2D eigenvalue weighted by molar-refractivity contribution is 6.23. The van der Waals surface area contributed by atoms with E-state index in [9.17, 15) is 0 Å². The van der Waals surface area contributed by atoms with Crippen molar-refractivity contribution < 1.29 is 4.42 Å². The highest BCUT2D eigenvalue weighted by Crippen LogP contribution is 2.44. The van der Waals surface area contributed by atoms with Crippen molar-refractivity contribution in [3.05, 3.63) is 176 Å². The van der Waals surface area contributed by atoms with Crippen LogP contribution < -0.4 is 0 Å². The minimum atomic E-state index is 0.598. The van der Waals surface area contributed by atoms with Gasteiger partial charge in [0.2, 0.25) is 0 Å². The van der Waals surface area contributed by atoms with E-state index in [1.165, 1.54) is 16.3 Å². The van der Waals surface area contributed by atoms with Crippen molar-refractivity contribution >= 4 is 43.5 Å². The summed E-state index contributed by atoms with van der Waals surface area (Å²) in [6.45, 7) is 0. The van der Waals surface area contributed by atoms with Gasteiger partial charge in [-0.3, -0.25) is 0 Å². The number of rotatable bonds is 5. The molecule has 8 aromatic carbocycles. The van der Waals surface area contributed by atoms with Gasteiger partial charge in [0.15, 0.2) is 17.5 Å². The normalized spacial score (nSPS) is 11.5. The summed E-state index contributed by atoms with van der Waals surface area (Å²) in [5, 5.41) is 6.59. The van der Waals surface area contributed by atoms with Crippen LogP contribution in [0.5, 0.6) is 0 Å². The predicted octanol–water partition coefficient (Wildman–Crippen LogP) is 12.4. The van der Waals surface area contributed by atoms with E-state index >= 15 is 0 Å². The van der Waals surface area contributed by atoms with Gasteiger partial charge in [0.1, 0.15) is 11.2 Å². The summed E-state index contributed by atoms with van der Waals surface area (Å²) < 4.78 is 6.73. The van der Waals surface area contributed by atoms with E-state index in [1.807, 2.05) is 48.5 Å². The Morgan fingerprint density at radius 2 is 0.922 bits per heavy atom. The third-order valence-electron chi connectivity index (χ3n) is 9.71. The maximum absolute atomic E-state index is 6.73. The second-order valence-corrected chi connectivity index (χ2v) is 12.8. The first-order valence-electron chi connectivity index (χ1n) is 17.1. The van der Waals surface area contributed by atoms with Crippen molar-refractivity contribution in [2.45, 2.75) is 0 Å². The smallest absolute Gasteiger partial charge is 0.164 e. The maximum atomic E-state index is 6.73. The van der Waals surface area contributed by atoms with Crippen molar-refractivity contribution in [1.82, 2.24) is 15.0 Å². The highest BCUT2D eigenvalue weighted by Gasteiger charge is 2.22. The molecule has 0 N–H and O–H groups in total. The van der Waals surface area contributed by atoms with E-state index in [4.69, 9.17) is 19.4 Å². The Hall–Kier alpha value is -6.91. The van der Waals surface area contributed by atoms with Crippen LogP contribution in [-0.2, 0) is 0 Å². The van der Waals surface area contributed by atoms with Crippen LogP contribution in [-0.4, -0.2) is 15.0 Å². The predicted molar refractivity (Wildman–Crippen MR) is 209 cm³/mol. The standard InChI is InChI=1S/C47H29N3O/c1-3-13-32(14-4-1)38-20-11-18-37-29-40(43-39-19-9-10-21-41(39)51-44(43)42(37)38)47-49-45(33-15-5-2-6-16-33)48-46(50-47)34-25-22-31(23-26-34)36-27-24-30-12-7-8-17-35(30)28-36/h1-29H. The fourth-order valence-corrected chi connectivity index (χ4v) is 7.22. The fourth-order valence-electron chi connectivity index (χ4n) is 7.22. The van der Waals surface area contributed by atoms with Crippen LogP contribution in [0.3, 0.4) is 0 Å². The Bertz CT molecular complexity index is 2900. The van der Waals surface area contributed by atoms with Crippen LogP contribution in [0, 0.1) is 0 Å². The molecule has 0 spiro atoms. The summed E-state index contributed by atoms with van der Waals surface area (Å²) in [5.41, 5.74) is 8.96. The van der Waals surface area contributed by atoms with Crippen LogP contribution in [0.25, 0.3) is 99.9 Å². The number of para-hydroxylation sites is 1. The molecule has 2 heterocycles. The first-order valence-corrected chi connectivity index (χ1v) is 17.1. The molecule has 238 valence electrons. The van der Waals surface area contributed by atoms with Gasteiger partial charge in [0, 0.05) is 32.8 Å². The van der Waals surface area contributed by atoms with Crippen LogP contribution in [0.15, 0.2) is 180 Å². The molecule has 2 aromatic heterocycles. The number of furan rings is 1. The van der Waals surface area contributed by atoms with E-state index < -0.39 is 0 Å². The summed E-state index contributed by atoms with van der Waals surface area (Å²) in [7, 11) is 0. The molecule has 51 heavy (non-hydrogen) atoms. The lowest BCUT2D eigenvalue weighted by molar-refractivity contribution is 0.673. The monoisotopic (exact) mass is 651 g/mol. The summed E-state index contributed by atoms with van der Waals surface area (Å²) >= 11 is 0. The van der Waals surface area contributed by atoms with Gasteiger partial charge in [0.05, 0.1) is 0 Å². The second-order valence-electron chi connectivity index (χ2n) is 12.8. The number of hydrogen-bond donors (Lipinski definition) is 0. The van der Waals surface area contributed by atoms with Crippen LogP contribution in [0.4, 0.5) is 0 Å². The van der Waals surface area contributed by atoms with Gasteiger partial charge in [-0.1, -0.05) is 158 Å². The Morgan fingerprint density at radius 1 is 0.333 bits per heavy atom. The number of benzene rings is 8. The lowest BCUT2D eigenvalue weighted by atomic mass is 9.93. The number of hydrogen-bond acceptors (Lipinski definition) is 4. The number of fused-ring (bicyclic) bond motifs is 6. The van der Waals surface area contributed by atoms with E-state index in [2.05, 4.69) is 127 Å². The van der Waals surface area contributed by atoms with Gasteiger partial charge < -0.3 is 4.42 Å². The van der Waals surface area contributed by atoms with Crippen LogP contribution in [0.2, 0.25) is 0 Å². The zero-order chi connectivity index (χ0) is 33.7. The average molecular weight is 652 g/mol. The van der Waals surface area contributed by atoms with Gasteiger partial charge in [-0.05, 0) is 56.6 Å². The lowest BCUT2D eigenvalue weighted by Gasteiger charge is -2.13. The molecule has 0 bridgehead atoms. The average Bonchev–Trinajstić information content (AvgIpc) is 3.60. The number of nitrogens with zero attached hydrogens (tertiary/aromatic N) is 3. The first kappa shape index (κ1) is 29.0. The van der Waals surface area contributed by atoms with Gasteiger partial charge in [0.25, 0.3) is 0 Å². The molecule has 10 rings (SSSR count). The van der Waals surface area contributed by atoms with Crippen molar-refractivity contribution in [2.75, 3.05) is 0 Å². The molecule has 0 saturated carbocycles. The molecule has 0 aliphatic carbocycles. The van der Waals surface area contributed by atoms with Gasteiger partial charge in [-0.2, -0.15) is 0 Å². The molecule has 0 unspecified atom stereocenters. The molecule has 0 aliphatic rings. The summed E-state index contributed by atoms with van der Waals surface area (Å²) in [6.07, 6.45) is 0. The quantitative estimate of drug-likeness (QED) is 0.186. The van der Waals surface area contributed by atoms with Crippen molar-refractivity contribution in [3.63, 3.8) is 0 Å². The van der Waals surface area contributed by atoms with E-state index in [1.54, 1.807) is 0 Å². The molecule has 0 aliphatic heterocycles. The summed E-state index contributed by atoms with van der Waals surface area (Å²) in [5.74, 6) is 1.83. The minimum Gasteiger partial charge on any atom is -0.455 e. The van der Waals surface area contributed by atoms with E-state index in [-0.39, 0.29) is 0 Å². The van der Waals surface area contributed by atoms with Crippen molar-refractivity contribution in [1.29, 1.82) is 0 Å². The Labute approximate surface area is 294 Å². The minimum absolute atomic E-state index is 0.598. The Kier molecular flexibility index (Phi) is 6.78. The number of aromatic nitrogens is 3. The molecule has 4 nitrogen and oxygen atoms in total. The van der Waals surface area contributed by atoms with E-state index in [0.29, 0.717) is 17.5 Å².